The number of hydrogen-bond donors (Lipinski definition) is 2. The molecular weight excluding hydrogens is 433 g/mol. The molecular formula is C16H24IN7O. The maximum atomic E-state index is 5.64. The van der Waals surface area contributed by atoms with Gasteiger partial charge in [0.05, 0.1) is 13.2 Å². The highest BCUT2D eigenvalue weighted by atomic mass is 127. The third-order valence-corrected chi connectivity index (χ3v) is 3.86. The van der Waals surface area contributed by atoms with Crippen LogP contribution in [0.1, 0.15) is 24.2 Å². The summed E-state index contributed by atoms with van der Waals surface area (Å²) in [5, 5.41) is 10.5. The first-order valence-electron chi connectivity index (χ1n) is 8.09. The van der Waals surface area contributed by atoms with E-state index < -0.39 is 0 Å². The molecule has 136 valence electrons. The highest BCUT2D eigenvalue weighted by molar-refractivity contribution is 14.0. The van der Waals surface area contributed by atoms with Crippen LogP contribution in [-0.2, 0) is 20.1 Å². The van der Waals surface area contributed by atoms with E-state index in [0.717, 1.165) is 23.9 Å². The summed E-state index contributed by atoms with van der Waals surface area (Å²) >= 11 is 0. The molecule has 0 aliphatic heterocycles. The quantitative estimate of drug-likeness (QED) is 0.372. The van der Waals surface area contributed by atoms with Crippen molar-refractivity contribution < 1.29 is 4.74 Å². The summed E-state index contributed by atoms with van der Waals surface area (Å²) in [6.07, 6.45) is 5.92. The SMILES string of the molecule is CN=C(NCc1ccc(OCC2CC2)nc1)NCc1ncnn1C.I. The van der Waals surface area contributed by atoms with E-state index >= 15 is 0 Å². The van der Waals surface area contributed by atoms with Crippen LogP contribution in [0.15, 0.2) is 29.6 Å². The van der Waals surface area contributed by atoms with Crippen LogP contribution in [0.3, 0.4) is 0 Å². The molecule has 2 aromatic rings. The minimum Gasteiger partial charge on any atom is -0.477 e. The average molecular weight is 457 g/mol. The summed E-state index contributed by atoms with van der Waals surface area (Å²) in [6.45, 7) is 1.97. The number of nitrogens with zero attached hydrogens (tertiary/aromatic N) is 5. The van der Waals surface area contributed by atoms with Crippen molar-refractivity contribution >= 4 is 29.9 Å². The number of hydrogen-bond acceptors (Lipinski definition) is 5. The Morgan fingerprint density at radius 2 is 2.08 bits per heavy atom. The number of pyridine rings is 1. The van der Waals surface area contributed by atoms with Crippen LogP contribution >= 0.6 is 24.0 Å². The topological polar surface area (TPSA) is 89.2 Å². The lowest BCUT2D eigenvalue weighted by molar-refractivity contribution is 0.288. The van der Waals surface area contributed by atoms with Crippen LogP contribution in [-0.4, -0.2) is 39.4 Å². The predicted molar refractivity (Wildman–Crippen MR) is 106 cm³/mol. The monoisotopic (exact) mass is 457 g/mol. The van der Waals surface area contributed by atoms with E-state index in [4.69, 9.17) is 4.74 Å². The maximum Gasteiger partial charge on any atom is 0.213 e. The van der Waals surface area contributed by atoms with E-state index in [2.05, 4.69) is 30.7 Å². The average Bonchev–Trinajstić information content (AvgIpc) is 3.35. The first-order chi connectivity index (χ1) is 11.7. The lowest BCUT2D eigenvalue weighted by atomic mass is 10.3. The van der Waals surface area contributed by atoms with Crippen LogP contribution in [0.5, 0.6) is 5.88 Å². The largest absolute Gasteiger partial charge is 0.477 e. The molecule has 0 bridgehead atoms. The highest BCUT2D eigenvalue weighted by Crippen LogP contribution is 2.29. The molecule has 1 saturated carbocycles. The number of guanidine groups is 1. The summed E-state index contributed by atoms with van der Waals surface area (Å²) in [5.41, 5.74) is 1.07. The van der Waals surface area contributed by atoms with Gasteiger partial charge in [0.25, 0.3) is 0 Å². The Hall–Kier alpha value is -1.91. The molecule has 0 amide bonds. The molecule has 0 saturated heterocycles. The zero-order chi connectivity index (χ0) is 16.8. The Labute approximate surface area is 164 Å². The fourth-order valence-electron chi connectivity index (χ4n) is 2.14. The summed E-state index contributed by atoms with van der Waals surface area (Å²) in [5.74, 6) is 2.97. The fraction of sp³-hybridized carbons (Fsp3) is 0.500. The second-order valence-corrected chi connectivity index (χ2v) is 5.84. The van der Waals surface area contributed by atoms with Gasteiger partial charge in [0.2, 0.25) is 5.88 Å². The number of nitrogens with one attached hydrogen (secondary N) is 2. The maximum absolute atomic E-state index is 5.64. The van der Waals surface area contributed by atoms with Gasteiger partial charge >= 0.3 is 0 Å². The lowest BCUT2D eigenvalue weighted by Crippen LogP contribution is -2.36. The number of rotatable bonds is 7. The van der Waals surface area contributed by atoms with Gasteiger partial charge in [-0.1, -0.05) is 6.07 Å². The van der Waals surface area contributed by atoms with Crippen molar-refractivity contribution in [3.63, 3.8) is 0 Å². The summed E-state index contributed by atoms with van der Waals surface area (Å²) < 4.78 is 7.37. The van der Waals surface area contributed by atoms with Crippen LogP contribution in [0.25, 0.3) is 0 Å². The normalized spacial score (nSPS) is 13.9. The molecule has 1 aliphatic rings. The van der Waals surface area contributed by atoms with Crippen molar-refractivity contribution in [2.24, 2.45) is 18.0 Å². The zero-order valence-corrected chi connectivity index (χ0v) is 16.8. The molecule has 0 radical (unpaired) electrons. The Bertz CT molecular complexity index is 682. The van der Waals surface area contributed by atoms with Gasteiger partial charge in [-0.25, -0.2) is 9.97 Å². The molecule has 9 heteroatoms. The Balaban J connectivity index is 0.00000225. The highest BCUT2D eigenvalue weighted by Gasteiger charge is 2.21. The molecule has 2 aromatic heterocycles. The molecule has 1 aliphatic carbocycles. The first kappa shape index (κ1) is 19.4. The lowest BCUT2D eigenvalue weighted by Gasteiger charge is -2.11. The van der Waals surface area contributed by atoms with Crippen molar-refractivity contribution in [1.29, 1.82) is 0 Å². The van der Waals surface area contributed by atoms with Crippen LogP contribution in [0.2, 0.25) is 0 Å². The van der Waals surface area contributed by atoms with Crippen LogP contribution < -0.4 is 15.4 Å². The third-order valence-electron chi connectivity index (χ3n) is 3.86. The molecule has 3 rings (SSSR count). The van der Waals surface area contributed by atoms with Crippen molar-refractivity contribution in [2.75, 3.05) is 13.7 Å². The Kier molecular flexibility index (Phi) is 7.41. The van der Waals surface area contributed by atoms with Gasteiger partial charge in [-0.15, -0.1) is 24.0 Å². The van der Waals surface area contributed by atoms with Gasteiger partial charge in [-0.2, -0.15) is 5.10 Å². The molecule has 0 atom stereocenters. The molecule has 25 heavy (non-hydrogen) atoms. The zero-order valence-electron chi connectivity index (χ0n) is 14.5. The number of ether oxygens (including phenoxy) is 1. The smallest absolute Gasteiger partial charge is 0.213 e. The van der Waals surface area contributed by atoms with Crippen LogP contribution in [0.4, 0.5) is 0 Å². The first-order valence-corrected chi connectivity index (χ1v) is 8.09. The van der Waals surface area contributed by atoms with Gasteiger partial charge in [-0.05, 0) is 24.3 Å². The van der Waals surface area contributed by atoms with Gasteiger partial charge in [0.1, 0.15) is 12.2 Å². The molecule has 2 heterocycles. The molecule has 8 nitrogen and oxygen atoms in total. The van der Waals surface area contributed by atoms with E-state index in [1.165, 1.54) is 19.2 Å². The van der Waals surface area contributed by atoms with Crippen molar-refractivity contribution in [3.8, 4) is 5.88 Å². The van der Waals surface area contributed by atoms with Gasteiger partial charge in [-0.3, -0.25) is 9.67 Å². The summed E-state index contributed by atoms with van der Waals surface area (Å²) in [4.78, 5) is 12.7. The second-order valence-electron chi connectivity index (χ2n) is 5.84. The van der Waals surface area contributed by atoms with Crippen molar-refractivity contribution in [1.82, 2.24) is 30.4 Å². The molecule has 1 fully saturated rings. The standard InChI is InChI=1S/C16H23N7O.HI/c1-17-16(20-9-14-21-11-22-23(14)2)19-8-13-5-6-15(18-7-13)24-10-12-3-4-12;/h5-7,11-12H,3-4,8-10H2,1-2H3,(H2,17,19,20);1H. The summed E-state index contributed by atoms with van der Waals surface area (Å²) in [6, 6.07) is 3.92. The number of aromatic nitrogens is 4. The number of aliphatic imine (C=N–C) groups is 1. The molecule has 0 aromatic carbocycles. The van der Waals surface area contributed by atoms with E-state index in [1.54, 1.807) is 11.7 Å². The van der Waals surface area contributed by atoms with Crippen LogP contribution in [0, 0.1) is 5.92 Å². The third kappa shape index (κ3) is 6.15. The minimum absolute atomic E-state index is 0. The fourth-order valence-corrected chi connectivity index (χ4v) is 2.14. The van der Waals surface area contributed by atoms with E-state index in [-0.39, 0.29) is 24.0 Å². The predicted octanol–water partition coefficient (Wildman–Crippen LogP) is 1.48. The Morgan fingerprint density at radius 1 is 1.28 bits per heavy atom. The van der Waals surface area contributed by atoms with Gasteiger partial charge in [0.15, 0.2) is 5.96 Å². The van der Waals surface area contributed by atoms with Crippen molar-refractivity contribution in [3.05, 3.63) is 36.0 Å². The molecule has 2 N–H and O–H groups in total. The molecule has 0 unspecified atom stereocenters. The van der Waals surface area contributed by atoms with Crippen molar-refractivity contribution in [2.45, 2.75) is 25.9 Å². The van der Waals surface area contributed by atoms with E-state index in [1.807, 2.05) is 25.4 Å². The molecule has 0 spiro atoms. The van der Waals surface area contributed by atoms with Gasteiger partial charge < -0.3 is 15.4 Å². The van der Waals surface area contributed by atoms with Gasteiger partial charge in [0, 0.05) is 32.9 Å². The van der Waals surface area contributed by atoms with E-state index in [9.17, 15) is 0 Å². The second kappa shape index (κ2) is 9.54. The Morgan fingerprint density at radius 3 is 2.68 bits per heavy atom. The summed E-state index contributed by atoms with van der Waals surface area (Å²) in [7, 11) is 3.60. The minimum atomic E-state index is 0. The number of halogens is 1. The number of aryl methyl sites for hydroxylation is 1. The van der Waals surface area contributed by atoms with E-state index in [0.29, 0.717) is 24.9 Å².